The lowest BCUT2D eigenvalue weighted by Gasteiger charge is -1.78. The fourth-order valence-electron chi connectivity index (χ4n) is 0.916. The summed E-state index contributed by atoms with van der Waals surface area (Å²) < 4.78 is 0. The number of allylic oxidation sites excluding steroid dienone is 3. The van der Waals surface area contributed by atoms with E-state index in [0.717, 1.165) is 6.29 Å². The van der Waals surface area contributed by atoms with Crippen molar-refractivity contribution in [2.75, 3.05) is 0 Å². The Bertz CT molecular complexity index is 147. The van der Waals surface area contributed by atoms with Crippen molar-refractivity contribution >= 4 is 6.29 Å². The molecule has 1 nitrogen and oxygen atoms in total. The maximum atomic E-state index is 9.82. The van der Waals surface area contributed by atoms with Gasteiger partial charge in [-0.15, -0.1) is 6.58 Å². The molecule has 0 radical (unpaired) electrons. The highest BCUT2D eigenvalue weighted by atomic mass is 16.1. The average Bonchev–Trinajstić information content (AvgIpc) is 2.62. The van der Waals surface area contributed by atoms with E-state index in [9.17, 15) is 4.79 Å². The molecule has 0 amide bonds. The van der Waals surface area contributed by atoms with Crippen LogP contribution in [-0.2, 0) is 4.79 Å². The molecule has 1 saturated carbocycles. The van der Waals surface area contributed by atoms with Crippen LogP contribution >= 0.6 is 0 Å². The standard InChI is InChI=1S/C8H10O/c1-2-7-6-8(7)4-3-5-9/h2-5,7-8H,1,6H2/b4-3-/t7-,8+/m1/s1. The molecule has 1 rings (SSSR count). The molecule has 9 heavy (non-hydrogen) atoms. The van der Waals surface area contributed by atoms with Crippen LogP contribution in [0.2, 0.25) is 0 Å². The first kappa shape index (κ1) is 6.27. The lowest BCUT2D eigenvalue weighted by Crippen LogP contribution is -1.70. The molecule has 0 N–H and O–H groups in total. The third-order valence-corrected chi connectivity index (χ3v) is 1.63. The van der Waals surface area contributed by atoms with Gasteiger partial charge in [-0.2, -0.15) is 0 Å². The molecule has 1 fully saturated rings. The zero-order valence-electron chi connectivity index (χ0n) is 5.29. The summed E-state index contributed by atoms with van der Waals surface area (Å²) in [6.07, 6.45) is 7.44. The summed E-state index contributed by atoms with van der Waals surface area (Å²) in [6, 6.07) is 0. The summed E-state index contributed by atoms with van der Waals surface area (Å²) in [4.78, 5) is 9.82. The average molecular weight is 122 g/mol. The molecule has 0 aromatic heterocycles. The molecular weight excluding hydrogens is 112 g/mol. The predicted molar refractivity (Wildman–Crippen MR) is 37.0 cm³/mol. The Morgan fingerprint density at radius 3 is 2.67 bits per heavy atom. The van der Waals surface area contributed by atoms with Gasteiger partial charge in [-0.05, 0) is 24.3 Å². The summed E-state index contributed by atoms with van der Waals surface area (Å²) >= 11 is 0. The van der Waals surface area contributed by atoms with Crippen LogP contribution in [0.4, 0.5) is 0 Å². The second kappa shape index (κ2) is 2.62. The van der Waals surface area contributed by atoms with E-state index in [1.54, 1.807) is 6.08 Å². The Balaban J connectivity index is 2.26. The zero-order valence-corrected chi connectivity index (χ0v) is 5.29. The fourth-order valence-corrected chi connectivity index (χ4v) is 0.916. The number of carbonyl (C=O) groups excluding carboxylic acids is 1. The monoisotopic (exact) mass is 122 g/mol. The number of hydrogen-bond acceptors (Lipinski definition) is 1. The van der Waals surface area contributed by atoms with Gasteiger partial charge in [0.2, 0.25) is 0 Å². The molecule has 2 atom stereocenters. The normalized spacial score (nSPS) is 32.4. The largest absolute Gasteiger partial charge is 0.299 e. The van der Waals surface area contributed by atoms with E-state index in [0.29, 0.717) is 11.8 Å². The maximum absolute atomic E-state index is 9.82. The van der Waals surface area contributed by atoms with Gasteiger partial charge < -0.3 is 0 Å². The number of aldehydes is 1. The highest BCUT2D eigenvalue weighted by Crippen LogP contribution is 2.39. The Morgan fingerprint density at radius 2 is 2.22 bits per heavy atom. The van der Waals surface area contributed by atoms with Crippen molar-refractivity contribution in [2.24, 2.45) is 11.8 Å². The van der Waals surface area contributed by atoms with Gasteiger partial charge in [0, 0.05) is 0 Å². The van der Waals surface area contributed by atoms with Gasteiger partial charge in [0.15, 0.2) is 0 Å². The summed E-state index contributed by atoms with van der Waals surface area (Å²) in [5.74, 6) is 1.24. The molecule has 1 aliphatic carbocycles. The minimum atomic E-state index is 0.604. The van der Waals surface area contributed by atoms with Crippen LogP contribution in [0.15, 0.2) is 24.8 Å². The first-order valence-corrected chi connectivity index (χ1v) is 3.13. The van der Waals surface area contributed by atoms with Crippen LogP contribution in [0, 0.1) is 11.8 Å². The van der Waals surface area contributed by atoms with Gasteiger partial charge in [0.25, 0.3) is 0 Å². The molecule has 0 aromatic carbocycles. The molecule has 48 valence electrons. The molecule has 1 heteroatoms. The number of hydrogen-bond donors (Lipinski definition) is 0. The number of carbonyl (C=O) groups is 1. The highest BCUT2D eigenvalue weighted by molar-refractivity contribution is 5.64. The van der Waals surface area contributed by atoms with E-state index in [1.807, 2.05) is 12.2 Å². The van der Waals surface area contributed by atoms with Crippen molar-refractivity contribution in [2.45, 2.75) is 6.42 Å². The first-order valence-electron chi connectivity index (χ1n) is 3.13. The van der Waals surface area contributed by atoms with Crippen LogP contribution in [0.1, 0.15) is 6.42 Å². The Hall–Kier alpha value is -0.850. The second-order valence-corrected chi connectivity index (χ2v) is 2.32. The molecule has 1 aliphatic rings. The van der Waals surface area contributed by atoms with Gasteiger partial charge >= 0.3 is 0 Å². The van der Waals surface area contributed by atoms with Gasteiger partial charge in [-0.3, -0.25) is 4.79 Å². The van der Waals surface area contributed by atoms with Gasteiger partial charge in [0.05, 0.1) is 0 Å². The van der Waals surface area contributed by atoms with Gasteiger partial charge in [-0.1, -0.05) is 12.2 Å². The van der Waals surface area contributed by atoms with Crippen LogP contribution in [0.3, 0.4) is 0 Å². The van der Waals surface area contributed by atoms with E-state index in [2.05, 4.69) is 6.58 Å². The summed E-state index contributed by atoms with van der Waals surface area (Å²) in [5.41, 5.74) is 0. The van der Waals surface area contributed by atoms with E-state index in [1.165, 1.54) is 6.42 Å². The minimum absolute atomic E-state index is 0.604. The quantitative estimate of drug-likeness (QED) is 0.315. The Morgan fingerprint density at radius 1 is 1.44 bits per heavy atom. The van der Waals surface area contributed by atoms with E-state index < -0.39 is 0 Å². The third kappa shape index (κ3) is 1.53. The fraction of sp³-hybridized carbons (Fsp3) is 0.375. The minimum Gasteiger partial charge on any atom is -0.299 e. The lowest BCUT2D eigenvalue weighted by molar-refractivity contribution is -0.104. The maximum Gasteiger partial charge on any atom is 0.142 e. The molecular formula is C8H10O. The third-order valence-electron chi connectivity index (χ3n) is 1.63. The van der Waals surface area contributed by atoms with Crippen molar-refractivity contribution in [3.05, 3.63) is 24.8 Å². The molecule has 0 aromatic rings. The van der Waals surface area contributed by atoms with Crippen molar-refractivity contribution in [3.63, 3.8) is 0 Å². The van der Waals surface area contributed by atoms with Gasteiger partial charge in [-0.25, -0.2) is 0 Å². The number of rotatable bonds is 3. The summed E-state index contributed by atoms with van der Waals surface area (Å²) in [5, 5.41) is 0. The molecule has 0 aliphatic heterocycles. The highest BCUT2D eigenvalue weighted by Gasteiger charge is 2.31. The smallest absolute Gasteiger partial charge is 0.142 e. The summed E-state index contributed by atoms with van der Waals surface area (Å²) in [7, 11) is 0. The molecule has 0 bridgehead atoms. The zero-order chi connectivity index (χ0) is 6.69. The second-order valence-electron chi connectivity index (χ2n) is 2.32. The van der Waals surface area contributed by atoms with Crippen molar-refractivity contribution < 1.29 is 4.79 Å². The van der Waals surface area contributed by atoms with Crippen molar-refractivity contribution in [3.8, 4) is 0 Å². The van der Waals surface area contributed by atoms with E-state index >= 15 is 0 Å². The van der Waals surface area contributed by atoms with Crippen LogP contribution < -0.4 is 0 Å². The van der Waals surface area contributed by atoms with E-state index in [-0.39, 0.29) is 0 Å². The lowest BCUT2D eigenvalue weighted by atomic mass is 10.3. The summed E-state index contributed by atoms with van der Waals surface area (Å²) in [6.45, 7) is 3.66. The molecule has 0 unspecified atom stereocenters. The van der Waals surface area contributed by atoms with Crippen molar-refractivity contribution in [1.82, 2.24) is 0 Å². The van der Waals surface area contributed by atoms with Gasteiger partial charge in [0.1, 0.15) is 6.29 Å². The van der Waals surface area contributed by atoms with Crippen LogP contribution in [-0.4, -0.2) is 6.29 Å². The molecule has 0 saturated heterocycles. The SMILES string of the molecule is C=C[C@@H]1C[C@@H]1/C=C\C=O. The molecule has 0 heterocycles. The molecule has 0 spiro atoms. The predicted octanol–water partition coefficient (Wildman–Crippen LogP) is 1.56. The first-order chi connectivity index (χ1) is 4.38. The van der Waals surface area contributed by atoms with Crippen LogP contribution in [0.25, 0.3) is 0 Å². The Kier molecular flexibility index (Phi) is 1.83. The topological polar surface area (TPSA) is 17.1 Å². The Labute approximate surface area is 55.1 Å². The van der Waals surface area contributed by atoms with E-state index in [4.69, 9.17) is 0 Å². The van der Waals surface area contributed by atoms with Crippen LogP contribution in [0.5, 0.6) is 0 Å². The van der Waals surface area contributed by atoms with Crippen molar-refractivity contribution in [1.29, 1.82) is 0 Å².